The Labute approximate surface area is 179 Å². The Morgan fingerprint density at radius 1 is 1.06 bits per heavy atom. The molecule has 1 aromatic carbocycles. The van der Waals surface area contributed by atoms with Gasteiger partial charge >= 0.3 is 6.03 Å². The van der Waals surface area contributed by atoms with Crippen LogP contribution in [-0.4, -0.2) is 27.9 Å². The summed E-state index contributed by atoms with van der Waals surface area (Å²) in [6, 6.07) is 14.1. The first kappa shape index (κ1) is 19.9. The monoisotopic (exact) mass is 656 g/mol. The quantitative estimate of drug-likeness (QED) is 0.253. The van der Waals surface area contributed by atoms with E-state index in [-0.39, 0.29) is 6.03 Å². The molecule has 3 aromatic heterocycles. The van der Waals surface area contributed by atoms with Gasteiger partial charge < -0.3 is 4.90 Å². The van der Waals surface area contributed by atoms with Crippen molar-refractivity contribution >= 4 is 39.8 Å². The van der Waals surface area contributed by atoms with E-state index in [1.165, 1.54) is 5.92 Å². The minimum atomic E-state index is -0.0670. The van der Waals surface area contributed by atoms with E-state index in [0.717, 1.165) is 44.8 Å². The molecule has 0 radical (unpaired) electrons. The number of amides is 2. The second kappa shape index (κ2) is 7.46. The fraction of sp³-hybridized carbons (Fsp3) is 0.167. The van der Waals surface area contributed by atoms with Crippen molar-refractivity contribution in [3.8, 4) is 11.3 Å². The van der Waals surface area contributed by atoms with Crippen LogP contribution >= 0.6 is 11.3 Å². The Morgan fingerprint density at radius 2 is 1.84 bits per heavy atom. The zero-order valence-electron chi connectivity index (χ0n) is 17.4. The van der Waals surface area contributed by atoms with Crippen LogP contribution in [0.3, 0.4) is 0 Å². The normalized spacial score (nSPS) is 13.2. The number of carbonyl (C=O) groups is 1. The predicted molar refractivity (Wildman–Crippen MR) is 122 cm³/mol. The number of benzene rings is 1. The molecule has 0 saturated carbocycles. The van der Waals surface area contributed by atoms with Gasteiger partial charge in [-0.1, -0.05) is 26.0 Å². The van der Waals surface area contributed by atoms with Crippen molar-refractivity contribution in [3.63, 3.8) is 0 Å². The Morgan fingerprint density at radius 3 is 2.52 bits per heavy atom. The van der Waals surface area contributed by atoms with Crippen LogP contribution in [-0.2, 0) is 6.54 Å². The Kier molecular flexibility index (Phi) is 4.79. The molecule has 0 atom stereocenters. The first-order valence-corrected chi connectivity index (χ1v) is 10.7. The van der Waals surface area contributed by atoms with E-state index in [1.54, 1.807) is 21.1 Å². The minimum absolute atomic E-state index is 0. The number of thiophene rings is 1. The van der Waals surface area contributed by atoms with Gasteiger partial charge in [0.25, 0.3) is 0 Å². The molecule has 0 N–H and O–H groups in total. The maximum Gasteiger partial charge on any atom is 0.329 e. The molecule has 0 bridgehead atoms. The summed E-state index contributed by atoms with van der Waals surface area (Å²) >= 11 is 1.64. The van der Waals surface area contributed by atoms with Crippen molar-refractivity contribution in [1.29, 1.82) is 0 Å². The second-order valence-corrected chi connectivity index (χ2v) is 8.51. The van der Waals surface area contributed by atoms with Crippen LogP contribution in [0, 0.1) is 5.92 Å². The average molecular weight is 661 g/mol. The Hall–Kier alpha value is -4.38. The predicted octanol–water partition coefficient (Wildman–Crippen LogP) is 6.02. The van der Waals surface area contributed by atoms with Gasteiger partial charge in [-0.25, -0.2) is 9.78 Å². The fourth-order valence-electron chi connectivity index (χ4n) is 3.80. The van der Waals surface area contributed by atoms with Gasteiger partial charge in [0.05, 0.1) is 23.4 Å². The van der Waals surface area contributed by atoms with E-state index < -0.39 is 0 Å². The number of urea groups is 1. The third kappa shape index (κ3) is 3.22. The van der Waals surface area contributed by atoms with Crippen molar-refractivity contribution in [1.82, 2.24) is 14.9 Å². The van der Waals surface area contributed by atoms with Crippen LogP contribution < -0.4 is 4.90 Å². The molecule has 2 amide bonds. The van der Waals surface area contributed by atoms with Gasteiger partial charge in [-0.3, -0.25) is 9.88 Å². The summed E-state index contributed by atoms with van der Waals surface area (Å²) in [4.78, 5) is 26.3. The average Bonchev–Trinajstić information content (AvgIpc) is 3.29. The first-order valence-electron chi connectivity index (χ1n) is 9.80. The number of fused-ring (bicyclic) bond motifs is 3. The number of nitrogens with zero attached hydrogens (tertiary/aromatic N) is 4. The summed E-state index contributed by atoms with van der Waals surface area (Å²) in [5.41, 5.74) is 7.29. The standard InChI is InChI=1S/C24H21N4OS.Cm/c1-15(2)16-4-6-19(7-5-16)28-23-18(13-27(3)24(28)29)12-25-21-9-8-20(26-22(21)23)17-10-11-30-14-17;/h4-12,14H,13H2,1-3H3;/q-1;. The molecule has 5 rings (SSSR count). The van der Waals surface area contributed by atoms with Crippen molar-refractivity contribution < 1.29 is 4.79 Å². The third-order valence-corrected chi connectivity index (χ3v) is 6.11. The summed E-state index contributed by atoms with van der Waals surface area (Å²) in [7, 11) is 1.82. The van der Waals surface area contributed by atoms with Crippen LogP contribution in [0.5, 0.6) is 0 Å². The summed E-state index contributed by atoms with van der Waals surface area (Å²) in [5.74, 6) is 1.24. The number of aromatic nitrogens is 2. The van der Waals surface area contributed by atoms with Crippen LogP contribution in [0.25, 0.3) is 22.3 Å². The van der Waals surface area contributed by atoms with Gasteiger partial charge in [0.15, 0.2) is 0 Å². The molecule has 4 heterocycles. The minimum Gasteiger partial charge on any atom is -0.323 e. The molecule has 1 aliphatic rings. The molecule has 0 saturated heterocycles. The molecule has 7 heteroatoms. The molecule has 0 spiro atoms. The number of carbonyl (C=O) groups excluding carboxylic acids is 1. The van der Waals surface area contributed by atoms with Gasteiger partial charge in [0.2, 0.25) is 0 Å². The van der Waals surface area contributed by atoms with E-state index in [0.29, 0.717) is 6.54 Å². The number of pyridine rings is 2. The first-order chi connectivity index (χ1) is 14.5. The van der Waals surface area contributed by atoms with Crippen molar-refractivity contribution in [3.05, 3.63) is 76.5 Å². The molecule has 4 aromatic rings. The van der Waals surface area contributed by atoms with Gasteiger partial charge in [-0.15, -0.1) is 0 Å². The van der Waals surface area contributed by atoms with Crippen LogP contribution in [0.15, 0.2) is 59.4 Å². The fourth-order valence-corrected chi connectivity index (χ4v) is 4.45. The number of hydrogen-bond acceptors (Lipinski definition) is 4. The number of rotatable bonds is 3. The molecule has 158 valence electrons. The van der Waals surface area contributed by atoms with E-state index >= 15 is 0 Å². The molecule has 1 aliphatic heterocycles. The topological polar surface area (TPSA) is 49.3 Å². The smallest absolute Gasteiger partial charge is 0.323 e. The molecule has 0 aliphatic carbocycles. The number of anilines is 2. The maximum atomic E-state index is 13.3. The van der Waals surface area contributed by atoms with Gasteiger partial charge in [-0.05, 0) is 23.6 Å². The third-order valence-electron chi connectivity index (χ3n) is 5.43. The molecular formula is C24H21CmN4OS-. The Balaban J connectivity index is 0.00000231. The summed E-state index contributed by atoms with van der Waals surface area (Å²) in [6.07, 6.45) is 1.86. The van der Waals surface area contributed by atoms with Crippen molar-refractivity contribution in [2.75, 3.05) is 11.9 Å². The second-order valence-electron chi connectivity index (χ2n) is 7.73. The van der Waals surface area contributed by atoms with Gasteiger partial charge in [0, 0.05) is 35.4 Å². The van der Waals surface area contributed by atoms with E-state index in [4.69, 9.17) is 4.98 Å². The zero-order chi connectivity index (χ0) is 20.8. The van der Waals surface area contributed by atoms with E-state index in [1.807, 2.05) is 42.9 Å². The molecule has 31 heavy (non-hydrogen) atoms. The Bertz CT molecular complexity index is 1240. The molecule has 0 fully saturated rings. The van der Waals surface area contributed by atoms with E-state index in [2.05, 4.69) is 42.4 Å². The SMILES string of the molecule is C[C-](C)c1ccc(N2C(=O)N(C)Cc3cnc4ccc(-c5ccsc5)nc4c32)cc1.[Cm]. The van der Waals surface area contributed by atoms with E-state index in [9.17, 15) is 4.79 Å². The molecule has 5 nitrogen and oxygen atoms in total. The summed E-state index contributed by atoms with van der Waals surface area (Å²) in [5, 5.41) is 4.12. The number of hydrogen-bond donors (Lipinski definition) is 0. The summed E-state index contributed by atoms with van der Waals surface area (Å²) in [6.45, 7) is 4.68. The van der Waals surface area contributed by atoms with Crippen molar-refractivity contribution in [2.45, 2.75) is 20.4 Å². The largest absolute Gasteiger partial charge is 0.329 e. The molecule has 0 unspecified atom stereocenters. The summed E-state index contributed by atoms with van der Waals surface area (Å²) < 4.78 is 0. The van der Waals surface area contributed by atoms with Crippen LogP contribution in [0.1, 0.15) is 25.0 Å². The van der Waals surface area contributed by atoms with Gasteiger partial charge in [-0.2, -0.15) is 35.0 Å². The van der Waals surface area contributed by atoms with Crippen LogP contribution in [0.4, 0.5) is 16.2 Å². The zero-order valence-corrected chi connectivity index (χ0v) is 21.2. The van der Waals surface area contributed by atoms with Crippen molar-refractivity contribution in [2.24, 2.45) is 0 Å². The molecular weight excluding hydrogens is 639 g/mol. The van der Waals surface area contributed by atoms with Crippen LogP contribution in [0.2, 0.25) is 0 Å². The van der Waals surface area contributed by atoms with Gasteiger partial charge in [0.1, 0.15) is 5.52 Å². The maximum absolute atomic E-state index is 13.3.